The van der Waals surface area contributed by atoms with Crippen LogP contribution in [-0.4, -0.2) is 8.84 Å². The summed E-state index contributed by atoms with van der Waals surface area (Å²) in [7, 11) is 0.0517. The average molecular weight is 97.8 g/mol. The zero-order valence-electron chi connectivity index (χ0n) is 3.33. The van der Waals surface area contributed by atoms with Gasteiger partial charge in [-0.25, -0.2) is 4.20 Å². The van der Waals surface area contributed by atoms with Crippen LogP contribution in [0.25, 0.3) is 0 Å². The molecule has 0 saturated heterocycles. The van der Waals surface area contributed by atoms with Crippen molar-refractivity contribution >= 4 is 24.2 Å². The van der Waals surface area contributed by atoms with Gasteiger partial charge in [0.05, 0.1) is 9.80 Å². The fourth-order valence-electron chi connectivity index (χ4n) is 0. The molecule has 0 aromatic carbocycles. The maximum Gasteiger partial charge on any atom is 0.138 e. The maximum atomic E-state index is 11.2. The Bertz CT molecular complexity index is 23.6. The minimum absolute atomic E-state index is 0.179. The SMILES string of the molecule is [3H]P(F)PB. The molecule has 0 fully saturated rings. The van der Waals surface area contributed by atoms with E-state index in [1.54, 1.807) is 7.57 Å². The summed E-state index contributed by atoms with van der Waals surface area (Å²) in [6, 6.07) is 0. The molecule has 0 spiro atoms. The van der Waals surface area contributed by atoms with Crippen molar-refractivity contribution in [1.82, 2.24) is 0 Å². The van der Waals surface area contributed by atoms with Crippen molar-refractivity contribution in [2.45, 2.75) is 0 Å². The summed E-state index contributed by atoms with van der Waals surface area (Å²) in [6.07, 6.45) is 0. The van der Waals surface area contributed by atoms with E-state index in [2.05, 4.69) is 0 Å². The molecule has 0 nitrogen and oxygen atoms in total. The minimum Gasteiger partial charge on any atom is -0.227 e. The second-order valence-corrected chi connectivity index (χ2v) is 2.77. The highest BCUT2D eigenvalue weighted by atomic mass is 32.0. The standard InChI is InChI=1S/BFH4P2/c1-3-4-2/h3-4H,1H2/i4T. The third-order valence-electron chi connectivity index (χ3n) is 0.0845. The lowest BCUT2D eigenvalue weighted by atomic mass is 10.8. The van der Waals surface area contributed by atoms with Gasteiger partial charge in [-0.2, -0.15) is 0 Å². The molecule has 0 N–H and O–H groups in total. The highest BCUT2D eigenvalue weighted by Gasteiger charge is 1.60. The van der Waals surface area contributed by atoms with Crippen LogP contribution < -0.4 is 0 Å². The second kappa shape index (κ2) is 3.85. The Kier molecular flexibility index (Phi) is 2.95. The molecule has 0 heterocycles. The van der Waals surface area contributed by atoms with Gasteiger partial charge in [0.25, 0.3) is 0 Å². The summed E-state index contributed by atoms with van der Waals surface area (Å²) in [5.74, 6) is 0. The number of hydrogen-bond donors (Lipinski definition) is 0. The van der Waals surface area contributed by atoms with Crippen molar-refractivity contribution in [3.05, 3.63) is 0 Å². The first-order valence-corrected chi connectivity index (χ1v) is 4.02. The Morgan fingerprint density at radius 1 is 2.25 bits per heavy atom. The Labute approximate surface area is 30.8 Å². The van der Waals surface area contributed by atoms with Crippen LogP contribution in [0.2, 0.25) is 0 Å². The van der Waals surface area contributed by atoms with Crippen LogP contribution in [0.5, 0.6) is 0 Å². The molecule has 0 aliphatic rings. The highest BCUT2D eigenvalue weighted by Crippen LogP contribution is 2.31. The zero-order valence-corrected chi connectivity index (χ0v) is 4.22. The number of rotatable bonds is 1. The Hall–Kier alpha value is 0.855. The van der Waals surface area contributed by atoms with Crippen molar-refractivity contribution in [1.29, 1.82) is 1.28 Å². The molecule has 0 aliphatic heterocycles. The van der Waals surface area contributed by atoms with Gasteiger partial charge in [-0.05, 0) is 0 Å². The predicted molar refractivity (Wildman–Crippen MR) is 26.3 cm³/mol. The van der Waals surface area contributed by atoms with Crippen LogP contribution in [0.3, 0.4) is 0 Å². The van der Waals surface area contributed by atoms with Crippen LogP contribution in [0.1, 0.15) is 0 Å². The monoisotopic (exact) mass is 98.0 g/mol. The average Bonchev–Trinajstić information content (AvgIpc) is 1.38. The molecular weight excluding hydrogens is 91.8 g/mol. The third-order valence-corrected chi connectivity index (χ3v) is 0.761. The quantitative estimate of drug-likeness (QED) is 0.334. The summed E-state index contributed by atoms with van der Waals surface area (Å²) in [4.78, 5) is 0. The van der Waals surface area contributed by atoms with E-state index < -0.39 is 8.53 Å². The van der Waals surface area contributed by atoms with Crippen LogP contribution in [0.15, 0.2) is 0 Å². The first kappa shape index (κ1) is 3.06. The van der Waals surface area contributed by atoms with Gasteiger partial charge in [0.2, 0.25) is 0 Å². The van der Waals surface area contributed by atoms with Crippen molar-refractivity contribution in [2.24, 2.45) is 0 Å². The van der Waals surface area contributed by atoms with E-state index in [0.717, 1.165) is 0 Å². The smallest absolute Gasteiger partial charge is 0.138 e. The summed E-state index contributed by atoms with van der Waals surface area (Å²) in [5, 5.41) is 0. The molecule has 0 aromatic heterocycles. The van der Waals surface area contributed by atoms with Gasteiger partial charge in [0, 0.05) is 0 Å². The van der Waals surface area contributed by atoms with Gasteiger partial charge < -0.3 is 0 Å². The first-order chi connectivity index (χ1) is 2.27. The highest BCUT2D eigenvalue weighted by molar-refractivity contribution is 8.20. The zero-order chi connectivity index (χ0) is 4.28. The minimum atomic E-state index is -1.82. The fourth-order valence-corrected chi connectivity index (χ4v) is 0. The summed E-state index contributed by atoms with van der Waals surface area (Å²) in [6.45, 7) is 0. The van der Waals surface area contributed by atoms with Crippen molar-refractivity contribution in [3.63, 3.8) is 0 Å². The van der Waals surface area contributed by atoms with Gasteiger partial charge in [-0.15, -0.1) is 8.15 Å². The van der Waals surface area contributed by atoms with Crippen molar-refractivity contribution < 1.29 is 4.20 Å². The molecule has 24 valence electrons. The van der Waals surface area contributed by atoms with Crippen LogP contribution in [0, 0.1) is 0 Å². The summed E-state index contributed by atoms with van der Waals surface area (Å²) >= 11 is 0. The largest absolute Gasteiger partial charge is 0.227 e. The Balaban J connectivity index is 2.54. The number of hydrogen-bond acceptors (Lipinski definition) is 0. The Morgan fingerprint density at radius 3 is 2.50 bits per heavy atom. The number of halogens is 1. The molecule has 0 saturated carbocycles. The molecule has 0 radical (unpaired) electrons. The van der Waals surface area contributed by atoms with E-state index in [4.69, 9.17) is 1.28 Å². The fraction of sp³-hybridized carbons (Fsp3) is 0. The Morgan fingerprint density at radius 2 is 2.50 bits per heavy atom. The molecule has 0 rings (SSSR count). The summed E-state index contributed by atoms with van der Waals surface area (Å²) in [5.41, 5.74) is 0. The molecule has 4 heavy (non-hydrogen) atoms. The van der Waals surface area contributed by atoms with Crippen molar-refractivity contribution in [2.75, 3.05) is 0 Å². The molecule has 4 heteroatoms. The van der Waals surface area contributed by atoms with Gasteiger partial charge in [-0.1, -0.05) is 0 Å². The lowest BCUT2D eigenvalue weighted by Crippen LogP contribution is -1.15. The van der Waals surface area contributed by atoms with E-state index in [-0.39, 0.29) is 8.15 Å². The maximum absolute atomic E-state index is 11.2. The van der Waals surface area contributed by atoms with Gasteiger partial charge >= 0.3 is 0 Å². The van der Waals surface area contributed by atoms with Crippen LogP contribution in [-0.2, 0) is 0 Å². The topological polar surface area (TPSA) is 0 Å². The summed E-state index contributed by atoms with van der Waals surface area (Å²) < 4.78 is 17.4. The van der Waals surface area contributed by atoms with Crippen molar-refractivity contribution in [3.8, 4) is 0 Å². The van der Waals surface area contributed by atoms with E-state index in [1.807, 2.05) is 0 Å². The normalized spacial score (nSPS) is 21.8. The third kappa shape index (κ3) is 2.85. The lowest BCUT2D eigenvalue weighted by molar-refractivity contribution is 0.936. The van der Waals surface area contributed by atoms with Crippen LogP contribution in [0.4, 0.5) is 4.20 Å². The van der Waals surface area contributed by atoms with Gasteiger partial charge in [0.1, 0.15) is 7.57 Å². The molecular formula is H4BFP2. The van der Waals surface area contributed by atoms with E-state index >= 15 is 0 Å². The predicted octanol–water partition coefficient (Wildman–Crippen LogP) is 0.691. The second-order valence-electron chi connectivity index (χ2n) is 0.308. The lowest BCUT2D eigenvalue weighted by Gasteiger charge is -1.65. The van der Waals surface area contributed by atoms with E-state index in [0.29, 0.717) is 0 Å². The molecule has 0 aliphatic carbocycles. The molecule has 2 unspecified atom stereocenters. The van der Waals surface area contributed by atoms with E-state index in [1.165, 1.54) is 0 Å². The van der Waals surface area contributed by atoms with Gasteiger partial charge in [0.15, 0.2) is 0 Å². The van der Waals surface area contributed by atoms with Gasteiger partial charge in [-0.3, -0.25) is 0 Å². The van der Waals surface area contributed by atoms with E-state index in [9.17, 15) is 4.20 Å². The molecule has 0 aromatic rings. The molecule has 2 atom stereocenters. The van der Waals surface area contributed by atoms with Crippen LogP contribution >= 0.6 is 16.7 Å². The first-order valence-electron chi connectivity index (χ1n) is 1.34. The molecule has 0 bridgehead atoms. The molecule has 0 amide bonds.